The third-order valence-electron chi connectivity index (χ3n) is 11.9. The van der Waals surface area contributed by atoms with E-state index in [1.807, 2.05) is 54.6 Å². The molecule has 1 aliphatic carbocycles. The Morgan fingerprint density at radius 3 is 1.97 bits per heavy atom. The van der Waals surface area contributed by atoms with Gasteiger partial charge in [0.2, 0.25) is 0 Å². The van der Waals surface area contributed by atoms with Gasteiger partial charge in [-0.25, -0.2) is 0 Å². The summed E-state index contributed by atoms with van der Waals surface area (Å²) in [5.41, 5.74) is 11.9. The Labute approximate surface area is 331 Å². The van der Waals surface area contributed by atoms with Crippen molar-refractivity contribution in [2.24, 2.45) is 0 Å². The largest absolute Gasteiger partial charge is 0.485 e. The van der Waals surface area contributed by atoms with Gasteiger partial charge in [0.15, 0.2) is 0 Å². The summed E-state index contributed by atoms with van der Waals surface area (Å²) in [4.78, 5) is 0. The lowest BCUT2D eigenvalue weighted by Gasteiger charge is -2.13. The number of allylic oxidation sites excluding steroid dienone is 2. The van der Waals surface area contributed by atoms with Crippen molar-refractivity contribution in [2.45, 2.75) is 12.0 Å². The van der Waals surface area contributed by atoms with Gasteiger partial charge < -0.3 is 18.3 Å². The molecule has 58 heavy (non-hydrogen) atoms. The predicted molar refractivity (Wildman–Crippen MR) is 227 cm³/mol. The van der Waals surface area contributed by atoms with Crippen molar-refractivity contribution in [3.05, 3.63) is 174 Å². The first kappa shape index (κ1) is 32.0. The molecule has 0 spiro atoms. The van der Waals surface area contributed by atoms with E-state index in [0.29, 0.717) is 22.4 Å². The van der Waals surface area contributed by atoms with Gasteiger partial charge in [0, 0.05) is 61.6 Å². The predicted octanol–water partition coefficient (Wildman–Crippen LogP) is 12.0. The number of ether oxygens (including phenoxy) is 1. The van der Waals surface area contributed by atoms with Crippen LogP contribution in [0.25, 0.3) is 88.1 Å². The molecule has 268 valence electrons. The van der Waals surface area contributed by atoms with Gasteiger partial charge in [-0.15, -0.1) is 0 Å². The Balaban J connectivity index is 1.11. The van der Waals surface area contributed by atoms with Gasteiger partial charge in [0.1, 0.15) is 29.1 Å². The highest BCUT2D eigenvalue weighted by atomic mass is 16.5. The molecule has 0 radical (unpaired) electrons. The van der Waals surface area contributed by atoms with Crippen LogP contribution in [0.4, 0.5) is 0 Å². The second kappa shape index (κ2) is 11.8. The highest BCUT2D eigenvalue weighted by Gasteiger charge is 2.33. The van der Waals surface area contributed by atoms with Crippen molar-refractivity contribution < 1.29 is 9.15 Å². The van der Waals surface area contributed by atoms with E-state index in [4.69, 9.17) is 9.15 Å². The third kappa shape index (κ3) is 4.46. The average Bonchev–Trinajstić information content (AvgIpc) is 4.01. The molecule has 2 unspecified atom stereocenters. The zero-order valence-electron chi connectivity index (χ0n) is 30.6. The summed E-state index contributed by atoms with van der Waals surface area (Å²) in [6.45, 7) is 0. The van der Waals surface area contributed by atoms with Gasteiger partial charge in [-0.1, -0.05) is 48.6 Å². The Morgan fingerprint density at radius 2 is 1.19 bits per heavy atom. The summed E-state index contributed by atoms with van der Waals surface area (Å²) >= 11 is 0. The third-order valence-corrected chi connectivity index (χ3v) is 11.9. The van der Waals surface area contributed by atoms with Gasteiger partial charge in [0.25, 0.3) is 0 Å². The topological polar surface area (TPSA) is 104 Å². The van der Waals surface area contributed by atoms with E-state index in [0.717, 1.165) is 88.1 Å². The second-order valence-corrected chi connectivity index (χ2v) is 15.0. The summed E-state index contributed by atoms with van der Waals surface area (Å²) in [7, 11) is 0. The van der Waals surface area contributed by atoms with E-state index < -0.39 is 0 Å². The molecule has 0 fully saturated rings. The smallest absolute Gasteiger partial charge is 0.137 e. The Morgan fingerprint density at radius 1 is 0.500 bits per heavy atom. The van der Waals surface area contributed by atoms with E-state index in [1.165, 1.54) is 5.56 Å². The standard InChI is InChI=1S/C51H27N5O2/c52-26-29-9-14-34(15-10-29)55-44-17-12-31(20-37(44)39-22-41-35-5-1-3-7-48(35)57-50(41)24-46(39)55)32-13-18-45-38(21-32)40-23-42-36-6-2-4-8-49(36)58-51(42)25-47(40)56(45)43-16-11-30(27-53)19-33(43)28-54/h1-25,35,48H. The van der Waals surface area contributed by atoms with E-state index in [2.05, 4.69) is 112 Å². The van der Waals surface area contributed by atoms with Gasteiger partial charge in [-0.3, -0.25) is 0 Å². The molecule has 0 amide bonds. The van der Waals surface area contributed by atoms with Crippen molar-refractivity contribution in [1.29, 1.82) is 15.8 Å². The number of furan rings is 1. The zero-order chi connectivity index (χ0) is 38.6. The summed E-state index contributed by atoms with van der Waals surface area (Å²) < 4.78 is 17.2. The Bertz CT molecular complexity index is 3650. The minimum absolute atomic E-state index is 0.0275. The second-order valence-electron chi connectivity index (χ2n) is 15.0. The van der Waals surface area contributed by atoms with Gasteiger partial charge in [-0.2, -0.15) is 15.8 Å². The lowest BCUT2D eigenvalue weighted by molar-refractivity contribution is 0.269. The van der Waals surface area contributed by atoms with Crippen LogP contribution < -0.4 is 4.74 Å². The normalized spacial score (nSPS) is 15.5. The maximum absolute atomic E-state index is 10.3. The van der Waals surface area contributed by atoms with Crippen LogP contribution >= 0.6 is 0 Å². The fourth-order valence-corrected chi connectivity index (χ4v) is 9.26. The highest BCUT2D eigenvalue weighted by molar-refractivity contribution is 6.18. The monoisotopic (exact) mass is 741 g/mol. The molecule has 3 aromatic heterocycles. The first-order valence-corrected chi connectivity index (χ1v) is 19.1. The van der Waals surface area contributed by atoms with E-state index in [1.54, 1.807) is 12.1 Å². The van der Waals surface area contributed by atoms with Crippen molar-refractivity contribution in [2.75, 3.05) is 0 Å². The average molecular weight is 742 g/mol. The van der Waals surface area contributed by atoms with E-state index in [9.17, 15) is 15.8 Å². The summed E-state index contributed by atoms with van der Waals surface area (Å²) in [5.74, 6) is 1.04. The van der Waals surface area contributed by atoms with Crippen molar-refractivity contribution in [3.63, 3.8) is 0 Å². The molecule has 10 aromatic rings. The van der Waals surface area contributed by atoms with Gasteiger partial charge >= 0.3 is 0 Å². The van der Waals surface area contributed by atoms with Crippen LogP contribution in [0.5, 0.6) is 5.75 Å². The fourth-order valence-electron chi connectivity index (χ4n) is 9.26. The maximum atomic E-state index is 10.3. The molecule has 2 atom stereocenters. The lowest BCUT2D eigenvalue weighted by atomic mass is 9.91. The number of fused-ring (bicyclic) bond motifs is 12. The number of nitriles is 3. The van der Waals surface area contributed by atoms with Crippen molar-refractivity contribution >= 4 is 65.6 Å². The number of aromatic nitrogens is 2. The quantitative estimate of drug-likeness (QED) is 0.179. The number of benzene rings is 7. The van der Waals surface area contributed by atoms with Gasteiger partial charge in [-0.05, 0) is 102 Å². The first-order valence-electron chi connectivity index (χ1n) is 19.1. The first-order chi connectivity index (χ1) is 28.6. The molecule has 2 aliphatic rings. The van der Waals surface area contributed by atoms with Crippen LogP contribution in [0.15, 0.2) is 156 Å². The highest BCUT2D eigenvalue weighted by Crippen LogP contribution is 2.47. The number of nitrogens with zero attached hydrogens (tertiary/aromatic N) is 5. The van der Waals surface area contributed by atoms with Crippen LogP contribution in [0.2, 0.25) is 0 Å². The maximum Gasteiger partial charge on any atom is 0.137 e. The molecule has 7 aromatic carbocycles. The minimum atomic E-state index is -0.0275. The van der Waals surface area contributed by atoms with Crippen LogP contribution in [-0.2, 0) is 0 Å². The molecule has 1 aliphatic heterocycles. The molecular weight excluding hydrogens is 715 g/mol. The molecule has 7 heteroatoms. The Kier molecular flexibility index (Phi) is 6.53. The fraction of sp³-hybridized carbons (Fsp3) is 0.0392. The molecule has 0 saturated heterocycles. The number of hydrogen-bond donors (Lipinski definition) is 0. The van der Waals surface area contributed by atoms with Crippen LogP contribution in [0, 0.1) is 34.0 Å². The van der Waals surface area contributed by atoms with Crippen molar-refractivity contribution in [3.8, 4) is 46.5 Å². The molecule has 7 nitrogen and oxygen atoms in total. The van der Waals surface area contributed by atoms with Crippen molar-refractivity contribution in [1.82, 2.24) is 9.13 Å². The zero-order valence-corrected chi connectivity index (χ0v) is 30.6. The van der Waals surface area contributed by atoms with Crippen LogP contribution in [-0.4, -0.2) is 15.2 Å². The molecule has 0 saturated carbocycles. The van der Waals surface area contributed by atoms with Gasteiger partial charge in [0.05, 0.1) is 56.6 Å². The van der Waals surface area contributed by atoms with E-state index in [-0.39, 0.29) is 12.0 Å². The van der Waals surface area contributed by atoms with E-state index >= 15 is 0 Å². The minimum Gasteiger partial charge on any atom is -0.485 e. The summed E-state index contributed by atoms with van der Waals surface area (Å²) in [6, 6.07) is 49.7. The number of hydrogen-bond acceptors (Lipinski definition) is 5. The SMILES string of the molecule is N#Cc1ccc(-n2c3ccc(-c4ccc5c(c4)c4cc6c(cc4n5-c4ccc(C#N)cc4C#N)oc4ccccc46)cc3c3cc4c(cc32)OC2C=CC=CC42)cc1. The Hall–Kier alpha value is -8.31. The number of para-hydroxylation sites is 1. The molecule has 12 rings (SSSR count). The molecular formula is C51H27N5O2. The lowest BCUT2D eigenvalue weighted by Crippen LogP contribution is -2.15. The molecule has 0 bridgehead atoms. The summed E-state index contributed by atoms with van der Waals surface area (Å²) in [6.07, 6.45) is 8.46. The molecule has 4 heterocycles. The van der Waals surface area contributed by atoms with Crippen LogP contribution in [0.1, 0.15) is 28.2 Å². The number of rotatable bonds is 3. The summed E-state index contributed by atoms with van der Waals surface area (Å²) in [5, 5.41) is 35.8. The van der Waals surface area contributed by atoms with Crippen LogP contribution in [0.3, 0.4) is 0 Å². The molecule has 0 N–H and O–H groups in total.